The smallest absolute Gasteiger partial charge is 0.322 e. The van der Waals surface area contributed by atoms with Gasteiger partial charge >= 0.3 is 12.0 Å². The predicted molar refractivity (Wildman–Crippen MR) is 76.0 cm³/mol. The highest BCUT2D eigenvalue weighted by Crippen LogP contribution is 2.12. The molecule has 0 atom stereocenters. The van der Waals surface area contributed by atoms with Crippen molar-refractivity contribution in [3.8, 4) is 0 Å². The lowest BCUT2D eigenvalue weighted by Crippen LogP contribution is -2.39. The average molecular weight is 291 g/mol. The Labute approximate surface area is 121 Å². The first kappa shape index (κ1) is 14.8. The number of anilines is 1. The summed E-state index contributed by atoms with van der Waals surface area (Å²) in [5, 5.41) is 14.1. The first-order valence-electron chi connectivity index (χ1n) is 6.68. The van der Waals surface area contributed by atoms with Crippen molar-refractivity contribution in [2.75, 3.05) is 25.0 Å². The van der Waals surface area contributed by atoms with Gasteiger partial charge in [-0.2, -0.15) is 0 Å². The number of carboxylic acids is 1. The van der Waals surface area contributed by atoms with Gasteiger partial charge in [-0.15, -0.1) is 0 Å². The molecule has 3 amide bonds. The lowest BCUT2D eigenvalue weighted by molar-refractivity contribution is -0.136. The second-order valence-electron chi connectivity index (χ2n) is 4.83. The van der Waals surface area contributed by atoms with Gasteiger partial charge in [0, 0.05) is 18.8 Å². The summed E-state index contributed by atoms with van der Waals surface area (Å²) < 4.78 is 0. The van der Waals surface area contributed by atoms with Crippen LogP contribution >= 0.6 is 0 Å². The van der Waals surface area contributed by atoms with Gasteiger partial charge in [-0.05, 0) is 24.1 Å². The summed E-state index contributed by atoms with van der Waals surface area (Å²) in [5.74, 6) is -1.11. The second-order valence-corrected chi connectivity index (χ2v) is 4.83. The number of carbonyl (C=O) groups excluding carboxylic acids is 2. The molecule has 0 spiro atoms. The van der Waals surface area contributed by atoms with E-state index in [2.05, 4.69) is 10.6 Å². The maximum atomic E-state index is 12.1. The van der Waals surface area contributed by atoms with E-state index in [1.165, 1.54) is 4.90 Å². The molecule has 0 unspecified atom stereocenters. The third kappa shape index (κ3) is 4.48. The molecule has 3 N–H and O–H groups in total. The fourth-order valence-electron chi connectivity index (χ4n) is 2.12. The molecule has 21 heavy (non-hydrogen) atoms. The van der Waals surface area contributed by atoms with Gasteiger partial charge in [0.15, 0.2) is 0 Å². The quantitative estimate of drug-likeness (QED) is 0.762. The number of urea groups is 1. The van der Waals surface area contributed by atoms with Crippen molar-refractivity contribution in [2.24, 2.45) is 0 Å². The zero-order valence-electron chi connectivity index (χ0n) is 11.5. The highest BCUT2D eigenvalue weighted by atomic mass is 16.4. The minimum Gasteiger partial charge on any atom is -0.481 e. The van der Waals surface area contributed by atoms with Gasteiger partial charge in [0.25, 0.3) is 0 Å². The Morgan fingerprint density at radius 2 is 2.19 bits per heavy atom. The van der Waals surface area contributed by atoms with Crippen LogP contribution in [0.5, 0.6) is 0 Å². The van der Waals surface area contributed by atoms with E-state index >= 15 is 0 Å². The van der Waals surface area contributed by atoms with E-state index in [-0.39, 0.29) is 24.9 Å². The highest BCUT2D eigenvalue weighted by Gasteiger charge is 2.19. The molecule has 2 rings (SSSR count). The molecule has 112 valence electrons. The van der Waals surface area contributed by atoms with E-state index in [0.29, 0.717) is 30.8 Å². The van der Waals surface area contributed by atoms with Gasteiger partial charge < -0.3 is 20.6 Å². The molecule has 0 saturated carbocycles. The largest absolute Gasteiger partial charge is 0.481 e. The van der Waals surface area contributed by atoms with Crippen LogP contribution in [0.3, 0.4) is 0 Å². The summed E-state index contributed by atoms with van der Waals surface area (Å²) in [6.07, 6.45) is 0.605. The second kappa shape index (κ2) is 6.74. The summed E-state index contributed by atoms with van der Waals surface area (Å²) in [7, 11) is 0. The van der Waals surface area contributed by atoms with Gasteiger partial charge in [-0.1, -0.05) is 12.1 Å². The number of nitrogens with zero attached hydrogens (tertiary/aromatic N) is 1. The summed E-state index contributed by atoms with van der Waals surface area (Å²) in [5.41, 5.74) is 1.12. The molecule has 1 heterocycles. The fraction of sp³-hybridized carbons (Fsp3) is 0.357. The molecule has 1 aromatic carbocycles. The van der Waals surface area contributed by atoms with Crippen molar-refractivity contribution in [3.05, 3.63) is 29.8 Å². The maximum absolute atomic E-state index is 12.1. The summed E-state index contributed by atoms with van der Waals surface area (Å²) in [6, 6.07) is 6.30. The molecule has 1 aromatic rings. The van der Waals surface area contributed by atoms with Crippen LogP contribution in [0.15, 0.2) is 24.3 Å². The van der Waals surface area contributed by atoms with Gasteiger partial charge in [-0.3, -0.25) is 9.59 Å². The molecular weight excluding hydrogens is 274 g/mol. The van der Waals surface area contributed by atoms with Crippen LogP contribution in [0.1, 0.15) is 12.0 Å². The van der Waals surface area contributed by atoms with E-state index in [4.69, 9.17) is 5.11 Å². The number of carbonyl (C=O) groups is 3. The van der Waals surface area contributed by atoms with Crippen LogP contribution in [-0.2, 0) is 16.0 Å². The van der Waals surface area contributed by atoms with Gasteiger partial charge in [0.2, 0.25) is 5.91 Å². The van der Waals surface area contributed by atoms with E-state index in [1.807, 2.05) is 0 Å². The number of nitrogens with one attached hydrogen (secondary N) is 2. The lowest BCUT2D eigenvalue weighted by atomic mass is 10.1. The van der Waals surface area contributed by atoms with Crippen molar-refractivity contribution in [1.82, 2.24) is 10.2 Å². The first-order valence-corrected chi connectivity index (χ1v) is 6.68. The van der Waals surface area contributed by atoms with E-state index < -0.39 is 5.97 Å². The number of rotatable bonds is 3. The molecular formula is C14H17N3O4. The van der Waals surface area contributed by atoms with Crippen LogP contribution in [0.25, 0.3) is 0 Å². The number of hydrogen-bond acceptors (Lipinski definition) is 3. The van der Waals surface area contributed by atoms with E-state index in [1.54, 1.807) is 24.3 Å². The third-order valence-corrected chi connectivity index (χ3v) is 3.08. The summed E-state index contributed by atoms with van der Waals surface area (Å²) in [6.45, 7) is 1.09. The van der Waals surface area contributed by atoms with Gasteiger partial charge in [-0.25, -0.2) is 4.79 Å². The molecule has 1 saturated heterocycles. The van der Waals surface area contributed by atoms with Crippen molar-refractivity contribution in [1.29, 1.82) is 0 Å². The Morgan fingerprint density at radius 3 is 2.95 bits per heavy atom. The summed E-state index contributed by atoms with van der Waals surface area (Å²) >= 11 is 0. The van der Waals surface area contributed by atoms with Gasteiger partial charge in [0.1, 0.15) is 6.54 Å². The minimum absolute atomic E-state index is 0.0284. The fourth-order valence-corrected chi connectivity index (χ4v) is 2.12. The summed E-state index contributed by atoms with van der Waals surface area (Å²) in [4.78, 5) is 35.7. The number of hydrogen-bond donors (Lipinski definition) is 3. The van der Waals surface area contributed by atoms with Gasteiger partial charge in [0.05, 0.1) is 6.42 Å². The standard InChI is InChI=1S/C14H17N3O4/c18-12-9-17(6-2-5-15-12)14(21)16-11-4-1-3-10(7-11)8-13(19)20/h1,3-4,7H,2,5-6,8-9H2,(H,15,18)(H,16,21)(H,19,20). The maximum Gasteiger partial charge on any atom is 0.322 e. The van der Waals surface area contributed by atoms with Crippen LogP contribution in [0.2, 0.25) is 0 Å². The van der Waals surface area contributed by atoms with E-state index in [9.17, 15) is 14.4 Å². The van der Waals surface area contributed by atoms with Crippen molar-refractivity contribution in [2.45, 2.75) is 12.8 Å². The Hall–Kier alpha value is -2.57. The van der Waals surface area contributed by atoms with Crippen LogP contribution in [-0.4, -0.2) is 47.5 Å². The molecule has 1 fully saturated rings. The Kier molecular flexibility index (Phi) is 4.76. The third-order valence-electron chi connectivity index (χ3n) is 3.08. The van der Waals surface area contributed by atoms with E-state index in [0.717, 1.165) is 0 Å². The zero-order chi connectivity index (χ0) is 15.2. The van der Waals surface area contributed by atoms with Crippen molar-refractivity contribution >= 4 is 23.6 Å². The highest BCUT2D eigenvalue weighted by molar-refractivity contribution is 5.92. The van der Waals surface area contributed by atoms with Crippen LogP contribution in [0.4, 0.5) is 10.5 Å². The average Bonchev–Trinajstić information content (AvgIpc) is 2.63. The SMILES string of the molecule is O=C(O)Cc1cccc(NC(=O)N2CCCNC(=O)C2)c1. The molecule has 0 radical (unpaired) electrons. The van der Waals surface area contributed by atoms with Crippen LogP contribution in [0, 0.1) is 0 Å². The zero-order valence-corrected chi connectivity index (χ0v) is 11.5. The topological polar surface area (TPSA) is 98.7 Å². The van der Waals surface area contributed by atoms with Crippen molar-refractivity contribution in [3.63, 3.8) is 0 Å². The number of carboxylic acid groups (broad SMARTS) is 1. The molecule has 0 aliphatic carbocycles. The number of benzene rings is 1. The monoisotopic (exact) mass is 291 g/mol. The molecule has 7 nitrogen and oxygen atoms in total. The molecule has 7 heteroatoms. The predicted octanol–water partition coefficient (Wildman–Crippen LogP) is 0.667. The molecule has 0 aromatic heterocycles. The number of amides is 3. The Morgan fingerprint density at radius 1 is 1.38 bits per heavy atom. The van der Waals surface area contributed by atoms with Crippen LogP contribution < -0.4 is 10.6 Å². The minimum atomic E-state index is -0.928. The van der Waals surface area contributed by atoms with Crippen molar-refractivity contribution < 1.29 is 19.5 Å². The molecule has 1 aliphatic heterocycles. The normalized spacial score (nSPS) is 15.0. The lowest BCUT2D eigenvalue weighted by Gasteiger charge is -2.19. The molecule has 0 bridgehead atoms. The first-order chi connectivity index (χ1) is 10.0. The Bertz CT molecular complexity index is 559. The number of aliphatic carboxylic acids is 1. The Balaban J connectivity index is 2.01. The molecule has 1 aliphatic rings.